The lowest BCUT2D eigenvalue weighted by Gasteiger charge is -2.14. The Morgan fingerprint density at radius 2 is 1.53 bits per heavy atom. The third kappa shape index (κ3) is 3.61. The first-order valence-corrected chi connectivity index (χ1v) is 4.91. The molecule has 0 amide bonds. The Kier molecular flexibility index (Phi) is 3.79. The van der Waals surface area contributed by atoms with Crippen LogP contribution in [-0.2, 0) is 6.18 Å². The highest BCUT2D eigenvalue weighted by atomic mass is 127. The molecule has 0 aliphatic rings. The fourth-order valence-electron chi connectivity index (χ4n) is 0.997. The van der Waals surface area contributed by atoms with Crippen molar-refractivity contribution in [3.05, 3.63) is 27.1 Å². The minimum Gasteiger partial charge on any atom is -0.403 e. The van der Waals surface area contributed by atoms with E-state index in [1.54, 1.807) is 0 Å². The molecule has 1 nitrogen and oxygen atoms in total. The molecule has 9 heteroatoms. The molecular formula is C8H2F7IO. The summed E-state index contributed by atoms with van der Waals surface area (Å²) in [6.07, 6.45) is -10.3. The second kappa shape index (κ2) is 4.50. The van der Waals surface area contributed by atoms with Gasteiger partial charge in [0.15, 0.2) is 11.6 Å². The van der Waals surface area contributed by atoms with Gasteiger partial charge in [-0.15, -0.1) is 13.2 Å². The van der Waals surface area contributed by atoms with Crippen LogP contribution in [0.4, 0.5) is 30.7 Å². The van der Waals surface area contributed by atoms with E-state index in [1.807, 2.05) is 0 Å². The molecule has 0 bridgehead atoms. The van der Waals surface area contributed by atoms with E-state index in [2.05, 4.69) is 4.74 Å². The van der Waals surface area contributed by atoms with E-state index in [-0.39, 0.29) is 0 Å². The van der Waals surface area contributed by atoms with Crippen LogP contribution in [0.25, 0.3) is 0 Å². The van der Waals surface area contributed by atoms with Crippen LogP contribution >= 0.6 is 22.6 Å². The number of rotatable bonds is 1. The summed E-state index contributed by atoms with van der Waals surface area (Å²) in [5.74, 6) is -3.59. The summed E-state index contributed by atoms with van der Waals surface area (Å²) in [7, 11) is 0. The van der Waals surface area contributed by atoms with Crippen molar-refractivity contribution in [1.82, 2.24) is 0 Å². The van der Waals surface area contributed by atoms with Crippen molar-refractivity contribution in [3.63, 3.8) is 0 Å². The summed E-state index contributed by atoms with van der Waals surface area (Å²) >= 11 is 1.17. The van der Waals surface area contributed by atoms with Crippen molar-refractivity contribution in [2.45, 2.75) is 12.5 Å². The molecule has 0 aromatic heterocycles. The highest BCUT2D eigenvalue weighted by Crippen LogP contribution is 2.39. The van der Waals surface area contributed by atoms with Crippen molar-refractivity contribution in [2.75, 3.05) is 0 Å². The van der Waals surface area contributed by atoms with Gasteiger partial charge >= 0.3 is 12.5 Å². The molecule has 0 spiro atoms. The molecule has 0 fully saturated rings. The number of hydrogen-bond donors (Lipinski definition) is 0. The largest absolute Gasteiger partial charge is 0.573 e. The van der Waals surface area contributed by atoms with Crippen molar-refractivity contribution in [1.29, 1.82) is 0 Å². The minimum atomic E-state index is -5.25. The zero-order valence-corrected chi connectivity index (χ0v) is 9.74. The Balaban J connectivity index is 3.30. The lowest BCUT2D eigenvalue weighted by atomic mass is 10.2. The smallest absolute Gasteiger partial charge is 0.403 e. The average molecular weight is 374 g/mol. The topological polar surface area (TPSA) is 9.23 Å². The standard InChI is InChI=1S/C8H2F7IO/c9-6-4(17-8(13,14)15)2-1-3(16)5(6)7(10,11)12/h1-2H. The molecular weight excluding hydrogens is 372 g/mol. The molecule has 17 heavy (non-hydrogen) atoms. The van der Waals surface area contributed by atoms with Gasteiger partial charge in [0.25, 0.3) is 0 Å². The number of halogens is 8. The molecule has 0 saturated carbocycles. The number of alkyl halides is 6. The second-order valence-electron chi connectivity index (χ2n) is 2.78. The maximum absolute atomic E-state index is 13.2. The average Bonchev–Trinajstić information content (AvgIpc) is 2.06. The number of ether oxygens (including phenoxy) is 1. The van der Waals surface area contributed by atoms with Gasteiger partial charge in [0.1, 0.15) is 5.56 Å². The fraction of sp³-hybridized carbons (Fsp3) is 0.250. The molecule has 0 atom stereocenters. The molecule has 0 aliphatic carbocycles. The van der Waals surface area contributed by atoms with Gasteiger partial charge in [-0.3, -0.25) is 0 Å². The molecule has 1 aromatic carbocycles. The summed E-state index contributed by atoms with van der Waals surface area (Å²) in [6.45, 7) is 0. The quantitative estimate of drug-likeness (QED) is 0.525. The molecule has 0 unspecified atom stereocenters. The summed E-state index contributed by atoms with van der Waals surface area (Å²) in [4.78, 5) is 0. The predicted molar refractivity (Wildman–Crippen MR) is 50.8 cm³/mol. The lowest BCUT2D eigenvalue weighted by molar-refractivity contribution is -0.275. The maximum Gasteiger partial charge on any atom is 0.573 e. The maximum atomic E-state index is 13.2. The van der Waals surface area contributed by atoms with Crippen molar-refractivity contribution >= 4 is 22.6 Å². The molecule has 0 N–H and O–H groups in total. The molecule has 0 heterocycles. The van der Waals surface area contributed by atoms with Gasteiger partial charge < -0.3 is 4.74 Å². The van der Waals surface area contributed by atoms with Crippen molar-refractivity contribution in [3.8, 4) is 5.75 Å². The molecule has 0 aliphatic heterocycles. The van der Waals surface area contributed by atoms with Crippen LogP contribution in [-0.4, -0.2) is 6.36 Å². The van der Waals surface area contributed by atoms with Crippen LogP contribution in [0.5, 0.6) is 5.75 Å². The van der Waals surface area contributed by atoms with E-state index < -0.39 is 33.2 Å². The zero-order chi connectivity index (χ0) is 13.4. The minimum absolute atomic E-state index is 0.486. The van der Waals surface area contributed by atoms with Gasteiger partial charge in [-0.05, 0) is 34.7 Å². The van der Waals surface area contributed by atoms with Crippen LogP contribution < -0.4 is 4.74 Å². The van der Waals surface area contributed by atoms with E-state index in [9.17, 15) is 30.7 Å². The van der Waals surface area contributed by atoms with Gasteiger partial charge in [0.05, 0.1) is 0 Å². The normalized spacial score (nSPS) is 12.7. The Morgan fingerprint density at radius 1 is 1.00 bits per heavy atom. The first-order valence-electron chi connectivity index (χ1n) is 3.83. The second-order valence-corrected chi connectivity index (χ2v) is 3.94. The van der Waals surface area contributed by atoms with Gasteiger partial charge in [-0.1, -0.05) is 0 Å². The van der Waals surface area contributed by atoms with E-state index in [4.69, 9.17) is 0 Å². The number of hydrogen-bond acceptors (Lipinski definition) is 1. The lowest BCUT2D eigenvalue weighted by Crippen LogP contribution is -2.20. The monoisotopic (exact) mass is 374 g/mol. The SMILES string of the molecule is Fc1c(OC(F)(F)F)ccc(I)c1C(F)(F)F. The zero-order valence-electron chi connectivity index (χ0n) is 7.59. The van der Waals surface area contributed by atoms with E-state index >= 15 is 0 Å². The number of benzene rings is 1. The highest BCUT2D eigenvalue weighted by Gasteiger charge is 2.40. The van der Waals surface area contributed by atoms with Crippen LogP contribution in [0.15, 0.2) is 12.1 Å². The fourth-order valence-corrected chi connectivity index (χ4v) is 1.72. The summed E-state index contributed by atoms with van der Waals surface area (Å²) in [6, 6.07) is 1.17. The van der Waals surface area contributed by atoms with Gasteiger partial charge in [0.2, 0.25) is 0 Å². The highest BCUT2D eigenvalue weighted by molar-refractivity contribution is 14.1. The third-order valence-electron chi connectivity index (χ3n) is 1.56. The van der Waals surface area contributed by atoms with Gasteiger partial charge in [-0.2, -0.15) is 13.2 Å². The van der Waals surface area contributed by atoms with Gasteiger partial charge in [-0.25, -0.2) is 4.39 Å². The van der Waals surface area contributed by atoms with Crippen LogP contribution in [0.2, 0.25) is 0 Å². The molecule has 1 aromatic rings. The Hall–Kier alpha value is -0.740. The van der Waals surface area contributed by atoms with E-state index in [0.29, 0.717) is 12.1 Å². The van der Waals surface area contributed by atoms with Crippen molar-refractivity contribution in [2.24, 2.45) is 0 Å². The summed E-state index contributed by atoms with van der Waals surface area (Å²) in [5, 5.41) is 0. The first-order chi connectivity index (χ1) is 7.52. The summed E-state index contributed by atoms with van der Waals surface area (Å²) in [5.41, 5.74) is -1.78. The predicted octanol–water partition coefficient (Wildman–Crippen LogP) is 4.35. The van der Waals surface area contributed by atoms with Crippen LogP contribution in [0.1, 0.15) is 5.56 Å². The molecule has 1 rings (SSSR count). The molecule has 0 radical (unpaired) electrons. The Morgan fingerprint density at radius 3 is 1.94 bits per heavy atom. The molecule has 96 valence electrons. The van der Waals surface area contributed by atoms with E-state index in [1.165, 1.54) is 22.6 Å². The molecule has 0 saturated heterocycles. The van der Waals surface area contributed by atoms with Crippen LogP contribution in [0, 0.1) is 9.39 Å². The van der Waals surface area contributed by atoms with E-state index in [0.717, 1.165) is 0 Å². The van der Waals surface area contributed by atoms with Crippen LogP contribution in [0.3, 0.4) is 0 Å². The van der Waals surface area contributed by atoms with Crippen molar-refractivity contribution < 1.29 is 35.5 Å². The first kappa shape index (κ1) is 14.3. The summed E-state index contributed by atoms with van der Waals surface area (Å²) < 4.78 is 88.2. The Labute approximate surface area is 104 Å². The van der Waals surface area contributed by atoms with Gasteiger partial charge in [0, 0.05) is 3.57 Å². The Bertz CT molecular complexity index is 423. The third-order valence-corrected chi connectivity index (χ3v) is 2.46.